The zero-order valence-electron chi connectivity index (χ0n) is 21.2. The molecule has 2 aromatic carbocycles. The Morgan fingerprint density at radius 3 is 2.76 bits per heavy atom. The van der Waals surface area contributed by atoms with Crippen LogP contribution < -0.4 is 21.1 Å². The highest BCUT2D eigenvalue weighted by Crippen LogP contribution is 2.41. The fourth-order valence-electron chi connectivity index (χ4n) is 4.46. The molecule has 0 fully saturated rings. The van der Waals surface area contributed by atoms with Crippen LogP contribution in [0, 0.1) is 0 Å². The van der Waals surface area contributed by atoms with Gasteiger partial charge in [-0.2, -0.15) is 0 Å². The van der Waals surface area contributed by atoms with Crippen molar-refractivity contribution in [3.63, 3.8) is 0 Å². The Hall–Kier alpha value is -4.63. The maximum absolute atomic E-state index is 13.1. The molecule has 0 atom stereocenters. The second-order valence-electron chi connectivity index (χ2n) is 8.81. The van der Waals surface area contributed by atoms with Crippen LogP contribution in [0.15, 0.2) is 66.2 Å². The van der Waals surface area contributed by atoms with Gasteiger partial charge in [-0.3, -0.25) is 9.59 Å². The molecule has 0 saturated carbocycles. The van der Waals surface area contributed by atoms with E-state index in [1.807, 2.05) is 77.7 Å². The van der Waals surface area contributed by atoms with E-state index in [4.69, 9.17) is 10.5 Å². The van der Waals surface area contributed by atoms with E-state index < -0.39 is 0 Å². The average molecular weight is 526 g/mol. The second-order valence-corrected chi connectivity index (χ2v) is 9.69. The summed E-state index contributed by atoms with van der Waals surface area (Å²) in [6, 6.07) is 15.4. The first-order valence-electron chi connectivity index (χ1n) is 12.0. The Bertz CT molecular complexity index is 1720. The Labute approximate surface area is 223 Å². The van der Waals surface area contributed by atoms with Crippen LogP contribution in [0.1, 0.15) is 23.0 Å². The number of hydrogen-bond donors (Lipinski definition) is 3. The van der Waals surface area contributed by atoms with Crippen molar-refractivity contribution >= 4 is 61.7 Å². The van der Waals surface area contributed by atoms with Gasteiger partial charge in [0.2, 0.25) is 5.91 Å². The quantitative estimate of drug-likeness (QED) is 0.262. The van der Waals surface area contributed by atoms with Crippen molar-refractivity contribution in [1.82, 2.24) is 14.9 Å². The van der Waals surface area contributed by atoms with Gasteiger partial charge in [0.1, 0.15) is 17.3 Å². The van der Waals surface area contributed by atoms with Crippen molar-refractivity contribution in [3.05, 3.63) is 77.4 Å². The van der Waals surface area contributed by atoms with Crippen molar-refractivity contribution in [2.75, 3.05) is 24.7 Å². The number of nitrogens with zero attached hydrogens (tertiary/aromatic N) is 2. The smallest absolute Gasteiger partial charge is 0.272 e. The summed E-state index contributed by atoms with van der Waals surface area (Å²) < 4.78 is 8.52. The van der Waals surface area contributed by atoms with Gasteiger partial charge in [-0.1, -0.05) is 36.4 Å². The van der Waals surface area contributed by atoms with Crippen LogP contribution in [0.4, 0.5) is 11.5 Å². The molecule has 0 radical (unpaired) electrons. The fourth-order valence-corrected chi connectivity index (χ4v) is 5.54. The van der Waals surface area contributed by atoms with E-state index in [9.17, 15) is 9.59 Å². The molecule has 0 unspecified atom stereocenters. The molecule has 38 heavy (non-hydrogen) atoms. The van der Waals surface area contributed by atoms with E-state index in [0.717, 1.165) is 37.7 Å². The third-order valence-electron chi connectivity index (χ3n) is 6.36. The number of methoxy groups -OCH3 is 1. The van der Waals surface area contributed by atoms with E-state index in [-0.39, 0.29) is 11.8 Å². The summed E-state index contributed by atoms with van der Waals surface area (Å²) >= 11 is 1.57. The lowest BCUT2D eigenvalue weighted by molar-refractivity contribution is -0.118. The normalized spacial score (nSPS) is 11.3. The Morgan fingerprint density at radius 1 is 1.18 bits per heavy atom. The molecule has 0 spiro atoms. The minimum Gasteiger partial charge on any atom is -0.495 e. The Morgan fingerprint density at radius 2 is 2.00 bits per heavy atom. The highest BCUT2D eigenvalue weighted by molar-refractivity contribution is 7.18. The molecule has 0 aliphatic heterocycles. The van der Waals surface area contributed by atoms with Gasteiger partial charge in [0.05, 0.1) is 12.8 Å². The number of carbonyl (C=O) groups excluding carboxylic acids is 2. The van der Waals surface area contributed by atoms with Gasteiger partial charge in [-0.25, -0.2) is 4.98 Å². The number of benzene rings is 2. The first-order chi connectivity index (χ1) is 18.4. The second kappa shape index (κ2) is 10.4. The van der Waals surface area contributed by atoms with Gasteiger partial charge in [-0.05, 0) is 35.2 Å². The topological polar surface area (TPSA) is 111 Å². The van der Waals surface area contributed by atoms with Crippen LogP contribution in [0.5, 0.6) is 5.75 Å². The molecule has 4 N–H and O–H groups in total. The molecule has 192 valence electrons. The molecule has 5 rings (SSSR count). The van der Waals surface area contributed by atoms with Gasteiger partial charge in [0.25, 0.3) is 5.91 Å². The first-order valence-corrected chi connectivity index (χ1v) is 12.9. The number of amides is 2. The van der Waals surface area contributed by atoms with E-state index in [2.05, 4.69) is 15.6 Å². The monoisotopic (exact) mass is 525 g/mol. The van der Waals surface area contributed by atoms with E-state index in [0.29, 0.717) is 29.5 Å². The van der Waals surface area contributed by atoms with Crippen molar-refractivity contribution in [1.29, 1.82) is 0 Å². The minimum absolute atomic E-state index is 0.0840. The summed E-state index contributed by atoms with van der Waals surface area (Å²) in [7, 11) is 3.45. The number of nitrogens with one attached hydrogen (secondary N) is 2. The molecule has 0 aliphatic rings. The van der Waals surface area contributed by atoms with Gasteiger partial charge < -0.3 is 25.7 Å². The van der Waals surface area contributed by atoms with Crippen LogP contribution in [0.2, 0.25) is 0 Å². The van der Waals surface area contributed by atoms with Crippen molar-refractivity contribution in [2.24, 2.45) is 7.05 Å². The zero-order chi connectivity index (χ0) is 26.8. The number of pyridine rings is 1. The van der Waals surface area contributed by atoms with Crippen molar-refractivity contribution < 1.29 is 14.3 Å². The van der Waals surface area contributed by atoms with E-state index in [1.54, 1.807) is 24.6 Å². The summed E-state index contributed by atoms with van der Waals surface area (Å²) in [5.41, 5.74) is 11.2. The molecule has 0 bridgehead atoms. The SMILES string of the molecule is COc1cc(-c2csc3c(C=CCNC(C)=O)cnc(N)c23)ccc1NC(=O)c1cc2ccccc2n1C. The predicted molar refractivity (Wildman–Crippen MR) is 155 cm³/mol. The molecular formula is C29H27N5O3S. The summed E-state index contributed by atoms with van der Waals surface area (Å²) in [4.78, 5) is 28.7. The number of para-hydroxylation sites is 1. The molecule has 2 amide bonds. The lowest BCUT2D eigenvalue weighted by Crippen LogP contribution is -2.19. The minimum atomic E-state index is -0.222. The maximum atomic E-state index is 13.1. The van der Waals surface area contributed by atoms with E-state index in [1.165, 1.54) is 6.92 Å². The molecular weight excluding hydrogens is 498 g/mol. The van der Waals surface area contributed by atoms with Gasteiger partial charge in [0.15, 0.2) is 0 Å². The summed E-state index contributed by atoms with van der Waals surface area (Å²) in [6.07, 6.45) is 5.54. The summed E-state index contributed by atoms with van der Waals surface area (Å²) in [5, 5.41) is 9.63. The van der Waals surface area contributed by atoms with Crippen molar-refractivity contribution in [2.45, 2.75) is 6.92 Å². The van der Waals surface area contributed by atoms with Crippen molar-refractivity contribution in [3.8, 4) is 16.9 Å². The van der Waals surface area contributed by atoms with Gasteiger partial charge in [-0.15, -0.1) is 11.3 Å². The molecule has 3 heterocycles. The largest absolute Gasteiger partial charge is 0.495 e. The number of nitrogens with two attached hydrogens (primary N) is 1. The lowest BCUT2D eigenvalue weighted by Gasteiger charge is -2.13. The Balaban J connectivity index is 1.45. The van der Waals surface area contributed by atoms with Gasteiger partial charge >= 0.3 is 0 Å². The van der Waals surface area contributed by atoms with E-state index >= 15 is 0 Å². The predicted octanol–water partition coefficient (Wildman–Crippen LogP) is 5.45. The molecule has 9 heteroatoms. The number of thiophene rings is 1. The van der Waals surface area contributed by atoms with Crippen LogP contribution in [0.25, 0.3) is 38.2 Å². The average Bonchev–Trinajstić information content (AvgIpc) is 3.51. The fraction of sp³-hybridized carbons (Fsp3) is 0.138. The van der Waals surface area contributed by atoms with Crippen LogP contribution in [-0.2, 0) is 11.8 Å². The highest BCUT2D eigenvalue weighted by atomic mass is 32.1. The third kappa shape index (κ3) is 4.71. The number of aromatic nitrogens is 2. The first kappa shape index (κ1) is 25.0. The number of nitrogen functional groups attached to an aromatic ring is 1. The zero-order valence-corrected chi connectivity index (χ0v) is 22.1. The number of fused-ring (bicyclic) bond motifs is 2. The van der Waals surface area contributed by atoms with Crippen LogP contribution >= 0.6 is 11.3 Å². The highest BCUT2D eigenvalue weighted by Gasteiger charge is 2.18. The number of hydrogen-bond acceptors (Lipinski definition) is 6. The molecule has 8 nitrogen and oxygen atoms in total. The maximum Gasteiger partial charge on any atom is 0.272 e. The number of anilines is 2. The molecule has 3 aromatic heterocycles. The number of ether oxygens (including phenoxy) is 1. The summed E-state index contributed by atoms with van der Waals surface area (Å²) in [6.45, 7) is 1.92. The third-order valence-corrected chi connectivity index (χ3v) is 7.39. The summed E-state index contributed by atoms with van der Waals surface area (Å²) in [5.74, 6) is 0.661. The Kier molecular flexibility index (Phi) is 6.85. The van der Waals surface area contributed by atoms with Gasteiger partial charge in [0, 0.05) is 58.8 Å². The standard InChI is InChI=1S/C29H27N5O3S/c1-17(35)31-12-6-8-20-15-32-28(30)26-21(16-38-27(20)26)18-10-11-22(25(14-18)37-3)33-29(36)24-13-19-7-4-5-9-23(19)34(24)2/h4-11,13-16H,12H2,1-3H3,(H2,30,32)(H,31,35)(H,33,36). The van der Waals surface area contributed by atoms with Crippen LogP contribution in [0.3, 0.4) is 0 Å². The number of carbonyl (C=O) groups is 2. The molecule has 5 aromatic rings. The van der Waals surface area contributed by atoms with Crippen LogP contribution in [-0.4, -0.2) is 35.0 Å². The molecule has 0 saturated heterocycles. The number of rotatable bonds is 7. The number of aryl methyl sites for hydroxylation is 1. The lowest BCUT2D eigenvalue weighted by atomic mass is 10.0. The molecule has 0 aliphatic carbocycles.